The van der Waals surface area contributed by atoms with Crippen molar-refractivity contribution < 1.29 is 18.0 Å². The predicted molar refractivity (Wildman–Crippen MR) is 99.4 cm³/mol. The fourth-order valence-corrected chi connectivity index (χ4v) is 4.17. The lowest BCUT2D eigenvalue weighted by Gasteiger charge is -2.16. The molecule has 0 atom stereocenters. The van der Waals surface area contributed by atoms with Gasteiger partial charge in [-0.2, -0.15) is 4.99 Å². The number of nitrogens with zero attached hydrogens (tertiary/aromatic N) is 3. The maximum atomic E-state index is 12.5. The molecule has 0 N–H and O–H groups in total. The molecule has 0 aliphatic heterocycles. The van der Waals surface area contributed by atoms with Crippen molar-refractivity contribution in [1.29, 1.82) is 0 Å². The summed E-state index contributed by atoms with van der Waals surface area (Å²) >= 11 is 1.37. The van der Waals surface area contributed by atoms with Crippen LogP contribution in [0.4, 0.5) is 0 Å². The van der Waals surface area contributed by atoms with Gasteiger partial charge in [-0.3, -0.25) is 9.59 Å². The van der Waals surface area contributed by atoms with Crippen LogP contribution in [-0.2, 0) is 21.9 Å². The number of aryl methyl sites for hydroxylation is 1. The highest BCUT2D eigenvalue weighted by Crippen LogP contribution is 2.16. The van der Waals surface area contributed by atoms with Gasteiger partial charge in [-0.25, -0.2) is 12.7 Å². The topological polar surface area (TPSA) is 88.8 Å². The molecule has 0 saturated heterocycles. The van der Waals surface area contributed by atoms with Crippen LogP contribution in [0.2, 0.25) is 0 Å². The van der Waals surface area contributed by atoms with Crippen LogP contribution in [-0.4, -0.2) is 42.6 Å². The van der Waals surface area contributed by atoms with Gasteiger partial charge < -0.3 is 4.57 Å². The number of thiazole rings is 1. The van der Waals surface area contributed by atoms with Gasteiger partial charge in [0.2, 0.25) is 15.9 Å². The van der Waals surface area contributed by atoms with Crippen LogP contribution in [0, 0.1) is 0 Å². The molecular weight excluding hydrogens is 374 g/mol. The SMILES string of the molecule is CC(=O)c1ccc(S(=O)(=O)N(C)CCCC(=O)N=c2sccn2C)cc1. The molecule has 0 aliphatic carbocycles. The summed E-state index contributed by atoms with van der Waals surface area (Å²) in [7, 11) is -0.385. The van der Waals surface area contributed by atoms with Crippen molar-refractivity contribution in [1.82, 2.24) is 8.87 Å². The van der Waals surface area contributed by atoms with Crippen LogP contribution >= 0.6 is 11.3 Å². The molecule has 0 fully saturated rings. The predicted octanol–water partition coefficient (Wildman–Crippen LogP) is 1.82. The average Bonchev–Trinajstić information content (AvgIpc) is 2.99. The Kier molecular flexibility index (Phi) is 6.63. The number of sulfonamides is 1. The van der Waals surface area contributed by atoms with E-state index in [2.05, 4.69) is 4.99 Å². The van der Waals surface area contributed by atoms with E-state index in [9.17, 15) is 18.0 Å². The number of Topliss-reactive ketones (excluding diaryl/α,β-unsaturated/α-hetero) is 1. The van der Waals surface area contributed by atoms with E-state index in [0.29, 0.717) is 16.8 Å². The molecule has 0 bridgehead atoms. The number of carbonyl (C=O) groups is 2. The fourth-order valence-electron chi connectivity index (χ4n) is 2.21. The summed E-state index contributed by atoms with van der Waals surface area (Å²) in [6, 6.07) is 5.82. The van der Waals surface area contributed by atoms with Crippen molar-refractivity contribution in [2.24, 2.45) is 12.0 Å². The normalized spacial score (nSPS) is 12.5. The Balaban J connectivity index is 1.96. The summed E-state index contributed by atoms with van der Waals surface area (Å²) in [6.45, 7) is 1.63. The molecule has 0 unspecified atom stereocenters. The number of hydrogen-bond acceptors (Lipinski definition) is 5. The molecule has 26 heavy (non-hydrogen) atoms. The minimum absolute atomic E-state index is 0.117. The van der Waals surface area contributed by atoms with Crippen LogP contribution < -0.4 is 4.80 Å². The second-order valence-corrected chi connectivity index (χ2v) is 8.73. The smallest absolute Gasteiger partial charge is 0.248 e. The van der Waals surface area contributed by atoms with Crippen LogP contribution in [0.15, 0.2) is 45.7 Å². The molecular formula is C17H21N3O4S2. The van der Waals surface area contributed by atoms with Crippen LogP contribution in [0.25, 0.3) is 0 Å². The molecule has 0 aliphatic rings. The Morgan fingerprint density at radius 2 is 1.88 bits per heavy atom. The first kappa shape index (κ1) is 20.2. The number of carbonyl (C=O) groups excluding carboxylic acids is 2. The molecule has 9 heteroatoms. The standard InChI is InChI=1S/C17H21N3O4S2/c1-13(21)14-6-8-15(9-7-14)26(23,24)20(3)10-4-5-16(22)18-17-19(2)11-12-25-17/h6-9,11-12H,4-5,10H2,1-3H3. The third kappa shape index (κ3) is 4.96. The molecule has 0 spiro atoms. The second kappa shape index (κ2) is 8.52. The molecule has 1 amide bonds. The first-order chi connectivity index (χ1) is 12.2. The summed E-state index contributed by atoms with van der Waals surface area (Å²) in [5.74, 6) is -0.400. The van der Waals surface area contributed by atoms with Crippen molar-refractivity contribution in [2.75, 3.05) is 13.6 Å². The zero-order valence-corrected chi connectivity index (χ0v) is 16.5. The summed E-state index contributed by atoms with van der Waals surface area (Å²) in [5, 5.41) is 1.84. The highest BCUT2D eigenvalue weighted by atomic mass is 32.2. The minimum Gasteiger partial charge on any atom is -0.327 e. The van der Waals surface area contributed by atoms with Crippen LogP contribution in [0.3, 0.4) is 0 Å². The van der Waals surface area contributed by atoms with E-state index < -0.39 is 10.0 Å². The lowest BCUT2D eigenvalue weighted by Crippen LogP contribution is -2.28. The third-order valence-corrected chi connectivity index (χ3v) is 6.53. The minimum atomic E-state index is -3.66. The molecule has 0 saturated carbocycles. The monoisotopic (exact) mass is 395 g/mol. The highest BCUT2D eigenvalue weighted by molar-refractivity contribution is 7.89. The second-order valence-electron chi connectivity index (χ2n) is 5.81. The highest BCUT2D eigenvalue weighted by Gasteiger charge is 2.20. The first-order valence-electron chi connectivity index (χ1n) is 7.97. The molecule has 0 radical (unpaired) electrons. The van der Waals surface area contributed by atoms with E-state index in [1.807, 2.05) is 11.6 Å². The van der Waals surface area contributed by atoms with Crippen LogP contribution in [0.5, 0.6) is 0 Å². The third-order valence-electron chi connectivity index (χ3n) is 3.81. The van der Waals surface area contributed by atoms with Crippen molar-refractivity contribution in [3.05, 3.63) is 46.2 Å². The van der Waals surface area contributed by atoms with E-state index in [1.54, 1.807) is 11.6 Å². The summed E-state index contributed by atoms with van der Waals surface area (Å²) in [4.78, 5) is 27.9. The molecule has 1 aromatic carbocycles. The van der Waals surface area contributed by atoms with Gasteiger partial charge in [-0.15, -0.1) is 11.3 Å². The Labute approximate surface area is 156 Å². The van der Waals surface area contributed by atoms with Gasteiger partial charge in [0.1, 0.15) is 0 Å². The van der Waals surface area contributed by atoms with Gasteiger partial charge in [0.15, 0.2) is 10.6 Å². The Morgan fingerprint density at radius 1 is 1.23 bits per heavy atom. The molecule has 1 aromatic heterocycles. The van der Waals surface area contributed by atoms with E-state index in [-0.39, 0.29) is 29.6 Å². The number of aromatic nitrogens is 1. The molecule has 1 heterocycles. The number of ketones is 1. The molecule has 7 nitrogen and oxygen atoms in total. The fraction of sp³-hybridized carbons (Fsp3) is 0.353. The van der Waals surface area contributed by atoms with Gasteiger partial charge in [-0.05, 0) is 25.5 Å². The zero-order chi connectivity index (χ0) is 19.3. The summed E-state index contributed by atoms with van der Waals surface area (Å²) < 4.78 is 28.0. The zero-order valence-electron chi connectivity index (χ0n) is 14.9. The van der Waals surface area contributed by atoms with Gasteiger partial charge in [0, 0.05) is 44.2 Å². The van der Waals surface area contributed by atoms with Crippen molar-refractivity contribution >= 4 is 33.1 Å². The Hall–Kier alpha value is -2.10. The van der Waals surface area contributed by atoms with Gasteiger partial charge in [-0.1, -0.05) is 12.1 Å². The maximum absolute atomic E-state index is 12.5. The summed E-state index contributed by atoms with van der Waals surface area (Å²) in [6.07, 6.45) is 2.36. The van der Waals surface area contributed by atoms with Gasteiger partial charge in [0.05, 0.1) is 4.90 Å². The van der Waals surface area contributed by atoms with Crippen molar-refractivity contribution in [3.8, 4) is 0 Å². The quantitative estimate of drug-likeness (QED) is 0.669. The Bertz CT molecular complexity index is 956. The first-order valence-corrected chi connectivity index (χ1v) is 10.3. The molecule has 140 valence electrons. The number of rotatable bonds is 7. The summed E-state index contributed by atoms with van der Waals surface area (Å²) in [5.41, 5.74) is 0.459. The number of benzene rings is 1. The van der Waals surface area contributed by atoms with Gasteiger partial charge in [0.25, 0.3) is 0 Å². The van der Waals surface area contributed by atoms with Crippen LogP contribution in [0.1, 0.15) is 30.1 Å². The van der Waals surface area contributed by atoms with E-state index in [0.717, 1.165) is 0 Å². The molecule has 2 rings (SSSR count). The maximum Gasteiger partial charge on any atom is 0.248 e. The van der Waals surface area contributed by atoms with Crippen molar-refractivity contribution in [2.45, 2.75) is 24.7 Å². The van der Waals surface area contributed by atoms with Crippen molar-refractivity contribution in [3.63, 3.8) is 0 Å². The van der Waals surface area contributed by atoms with E-state index >= 15 is 0 Å². The molecule has 2 aromatic rings. The van der Waals surface area contributed by atoms with Gasteiger partial charge >= 0.3 is 0 Å². The average molecular weight is 396 g/mol. The van der Waals surface area contributed by atoms with E-state index in [4.69, 9.17) is 0 Å². The number of hydrogen-bond donors (Lipinski definition) is 0. The lowest BCUT2D eigenvalue weighted by atomic mass is 10.2. The van der Waals surface area contributed by atoms with E-state index in [1.165, 1.54) is 53.9 Å². The Morgan fingerprint density at radius 3 is 2.42 bits per heavy atom. The number of amides is 1. The lowest BCUT2D eigenvalue weighted by molar-refractivity contribution is -0.118. The largest absolute Gasteiger partial charge is 0.327 e.